The Morgan fingerprint density at radius 1 is 1.16 bits per heavy atom. The molecule has 0 aliphatic carbocycles. The fourth-order valence-corrected chi connectivity index (χ4v) is 3.32. The zero-order valence-corrected chi connectivity index (χ0v) is 16.5. The van der Waals surface area contributed by atoms with E-state index >= 15 is 0 Å². The third kappa shape index (κ3) is 4.46. The number of carbonyl (C=O) groups excluding carboxylic acids is 1. The van der Waals surface area contributed by atoms with Crippen LogP contribution in [0.2, 0.25) is 0 Å². The second kappa shape index (κ2) is 8.27. The maximum absolute atomic E-state index is 13.4. The van der Waals surface area contributed by atoms with Crippen molar-refractivity contribution in [2.75, 3.05) is 0 Å². The molecule has 2 aromatic rings. The summed E-state index contributed by atoms with van der Waals surface area (Å²) >= 11 is 0. The van der Waals surface area contributed by atoms with Crippen molar-refractivity contribution in [2.24, 2.45) is 4.99 Å². The van der Waals surface area contributed by atoms with E-state index in [1.807, 2.05) is 30.3 Å². The third-order valence-electron chi connectivity index (χ3n) is 4.80. The lowest BCUT2D eigenvalue weighted by Gasteiger charge is -2.21. The summed E-state index contributed by atoms with van der Waals surface area (Å²) in [6.45, 7) is 1.89. The highest BCUT2D eigenvalue weighted by molar-refractivity contribution is 6.10. The first kappa shape index (κ1) is 20.7. The molecule has 1 unspecified atom stereocenters. The van der Waals surface area contributed by atoms with E-state index in [1.54, 1.807) is 18.1 Å². The Kier molecular flexibility index (Phi) is 5.51. The number of halogens is 3. The van der Waals surface area contributed by atoms with Crippen LogP contribution in [-0.2, 0) is 17.5 Å². The van der Waals surface area contributed by atoms with Gasteiger partial charge in [0, 0.05) is 11.8 Å². The molecule has 2 N–H and O–H groups in total. The van der Waals surface area contributed by atoms with Crippen LogP contribution in [0.3, 0.4) is 0 Å². The molecular formula is C22H19F3N4O2. The number of ether oxygens (including phenoxy) is 1. The lowest BCUT2D eigenvalue weighted by molar-refractivity contribution is -0.137. The average molecular weight is 428 g/mol. The van der Waals surface area contributed by atoms with Gasteiger partial charge in [0.2, 0.25) is 0 Å². The van der Waals surface area contributed by atoms with Gasteiger partial charge in [0.25, 0.3) is 0 Å². The molecule has 1 atom stereocenters. The molecule has 4 rings (SSSR count). The van der Waals surface area contributed by atoms with Gasteiger partial charge in [-0.2, -0.15) is 13.2 Å². The fraction of sp³-hybridized carbons (Fsp3) is 0.182. The van der Waals surface area contributed by atoms with Crippen LogP contribution >= 0.6 is 0 Å². The molecule has 0 radical (unpaired) electrons. The molecule has 1 amide bonds. The van der Waals surface area contributed by atoms with Crippen molar-refractivity contribution >= 4 is 11.8 Å². The summed E-state index contributed by atoms with van der Waals surface area (Å²) in [6, 6.07) is 14.1. The van der Waals surface area contributed by atoms with Crippen LogP contribution in [-0.4, -0.2) is 22.9 Å². The predicted octanol–water partition coefficient (Wildman–Crippen LogP) is 4.33. The number of alkyl carbamates (subject to hydrolysis) is 1. The van der Waals surface area contributed by atoms with E-state index in [9.17, 15) is 18.0 Å². The number of amides is 1. The van der Waals surface area contributed by atoms with Crippen LogP contribution in [0.15, 0.2) is 83.4 Å². The molecule has 2 aromatic carbocycles. The summed E-state index contributed by atoms with van der Waals surface area (Å²) in [5.41, 5.74) is 3.65. The first-order chi connectivity index (χ1) is 14.8. The smallest absolute Gasteiger partial charge is 0.417 e. The first-order valence-electron chi connectivity index (χ1n) is 9.53. The van der Waals surface area contributed by atoms with Gasteiger partial charge in [-0.25, -0.2) is 15.2 Å². The van der Waals surface area contributed by atoms with Crippen molar-refractivity contribution in [2.45, 2.75) is 25.7 Å². The topological polar surface area (TPSA) is 66.0 Å². The Morgan fingerprint density at radius 3 is 2.61 bits per heavy atom. The van der Waals surface area contributed by atoms with E-state index in [-0.39, 0.29) is 23.9 Å². The number of fused-ring (bicyclic) bond motifs is 1. The van der Waals surface area contributed by atoms with Crippen LogP contribution in [0.1, 0.15) is 23.6 Å². The predicted molar refractivity (Wildman–Crippen MR) is 108 cm³/mol. The molecule has 9 heteroatoms. The molecule has 0 saturated heterocycles. The summed E-state index contributed by atoms with van der Waals surface area (Å²) in [6.07, 6.45) is -2.12. The van der Waals surface area contributed by atoms with Gasteiger partial charge < -0.3 is 4.74 Å². The molecule has 2 aliphatic heterocycles. The molecule has 0 bridgehead atoms. The Labute approximate surface area is 176 Å². The normalized spacial score (nSPS) is 18.0. The fourth-order valence-electron chi connectivity index (χ4n) is 3.32. The number of aliphatic imine (C=N–C) groups is 1. The van der Waals surface area contributed by atoms with E-state index in [0.29, 0.717) is 11.5 Å². The second-order valence-corrected chi connectivity index (χ2v) is 7.00. The van der Waals surface area contributed by atoms with E-state index in [2.05, 4.69) is 15.7 Å². The van der Waals surface area contributed by atoms with E-state index in [0.717, 1.165) is 11.6 Å². The van der Waals surface area contributed by atoms with E-state index in [4.69, 9.17) is 4.74 Å². The number of hydrogen-bond acceptors (Lipinski definition) is 5. The lowest BCUT2D eigenvalue weighted by atomic mass is 10.0. The number of carbonyl (C=O) groups is 1. The molecule has 2 aliphatic rings. The van der Waals surface area contributed by atoms with Gasteiger partial charge in [0.1, 0.15) is 6.61 Å². The number of alkyl halides is 3. The first-order valence-corrected chi connectivity index (χ1v) is 9.53. The van der Waals surface area contributed by atoms with Crippen molar-refractivity contribution in [3.63, 3.8) is 0 Å². The van der Waals surface area contributed by atoms with E-state index in [1.165, 1.54) is 24.3 Å². The van der Waals surface area contributed by atoms with Gasteiger partial charge in [0.15, 0.2) is 5.82 Å². The molecule has 6 nitrogen and oxygen atoms in total. The van der Waals surface area contributed by atoms with Gasteiger partial charge in [0.05, 0.1) is 23.0 Å². The summed E-state index contributed by atoms with van der Waals surface area (Å²) in [7, 11) is 0. The molecule has 31 heavy (non-hydrogen) atoms. The van der Waals surface area contributed by atoms with Crippen LogP contribution < -0.4 is 10.7 Å². The van der Waals surface area contributed by atoms with Crippen molar-refractivity contribution in [3.05, 3.63) is 95.1 Å². The standard InChI is InChI=1S/C22H19F3N4O2/c1-14-19(27-21(30)31-13-15-7-3-2-4-8-15)20-26-18(11-12-29(20)28-14)16-9-5-6-10-17(16)22(23,24)25/h2-12,14,28H,13H2,1H3,(H,27,30). The van der Waals surface area contributed by atoms with Crippen molar-refractivity contribution < 1.29 is 22.7 Å². The number of nitrogens with zero attached hydrogens (tertiary/aromatic N) is 2. The van der Waals surface area contributed by atoms with Crippen molar-refractivity contribution in [1.82, 2.24) is 15.8 Å². The monoisotopic (exact) mass is 428 g/mol. The van der Waals surface area contributed by atoms with E-state index < -0.39 is 17.8 Å². The molecule has 0 saturated carbocycles. The number of nitrogens with one attached hydrogen (secondary N) is 2. The molecule has 0 fully saturated rings. The van der Waals surface area contributed by atoms with Crippen LogP contribution in [0, 0.1) is 0 Å². The largest absolute Gasteiger partial charge is 0.444 e. The Morgan fingerprint density at radius 2 is 1.87 bits per heavy atom. The second-order valence-electron chi connectivity index (χ2n) is 7.00. The number of allylic oxidation sites excluding steroid dienone is 1. The van der Waals surface area contributed by atoms with Gasteiger partial charge in [-0.3, -0.25) is 10.3 Å². The summed E-state index contributed by atoms with van der Waals surface area (Å²) in [5, 5.41) is 4.22. The molecule has 2 heterocycles. The van der Waals surface area contributed by atoms with Crippen molar-refractivity contribution in [1.29, 1.82) is 0 Å². The van der Waals surface area contributed by atoms with Gasteiger partial charge in [-0.1, -0.05) is 48.5 Å². The van der Waals surface area contributed by atoms with Crippen LogP contribution in [0.4, 0.5) is 18.0 Å². The quantitative estimate of drug-likeness (QED) is 0.761. The molecule has 0 aromatic heterocycles. The maximum Gasteiger partial charge on any atom is 0.417 e. The van der Waals surface area contributed by atoms with Crippen LogP contribution in [0.5, 0.6) is 0 Å². The summed E-state index contributed by atoms with van der Waals surface area (Å²) < 4.78 is 45.5. The number of hydrazine groups is 1. The zero-order chi connectivity index (χ0) is 22.0. The van der Waals surface area contributed by atoms with Gasteiger partial charge >= 0.3 is 12.3 Å². The Balaban J connectivity index is 1.58. The van der Waals surface area contributed by atoms with Crippen LogP contribution in [0.25, 0.3) is 0 Å². The third-order valence-corrected chi connectivity index (χ3v) is 4.80. The number of rotatable bonds is 4. The molecular weight excluding hydrogens is 409 g/mol. The average Bonchev–Trinajstić information content (AvgIpc) is 3.07. The Bertz CT molecular complexity index is 1080. The molecule has 160 valence electrons. The Hall–Kier alpha value is -3.59. The number of benzene rings is 2. The highest BCUT2D eigenvalue weighted by atomic mass is 19.4. The highest BCUT2D eigenvalue weighted by Crippen LogP contribution is 2.34. The minimum Gasteiger partial charge on any atom is -0.444 e. The van der Waals surface area contributed by atoms with Gasteiger partial charge in [-0.05, 0) is 24.6 Å². The minimum atomic E-state index is -4.51. The minimum absolute atomic E-state index is 0.0380. The lowest BCUT2D eigenvalue weighted by Crippen LogP contribution is -2.35. The zero-order valence-electron chi connectivity index (χ0n) is 16.5. The maximum atomic E-state index is 13.4. The molecule has 0 spiro atoms. The SMILES string of the molecule is CC1NN2C=CC(c3ccccc3C(F)(F)F)=NC2=C1NC(=O)OCc1ccccc1. The number of hydrogen-bond donors (Lipinski definition) is 2. The van der Waals surface area contributed by atoms with Gasteiger partial charge in [-0.15, -0.1) is 0 Å². The van der Waals surface area contributed by atoms with Crippen molar-refractivity contribution in [3.8, 4) is 0 Å². The summed E-state index contributed by atoms with van der Waals surface area (Å²) in [4.78, 5) is 16.7. The highest BCUT2D eigenvalue weighted by Gasteiger charge is 2.36. The summed E-state index contributed by atoms with van der Waals surface area (Å²) in [5.74, 6) is 0.304.